The number of hydrogen-bond acceptors (Lipinski definition) is 1. The molecule has 1 aromatic rings. The van der Waals surface area contributed by atoms with Crippen LogP contribution in [-0.2, 0) is 0 Å². The first-order chi connectivity index (χ1) is 8.50. The van der Waals surface area contributed by atoms with Crippen molar-refractivity contribution in [3.8, 4) is 0 Å². The smallest absolute Gasteiger partial charge is 0.254 e. The minimum Gasteiger partial charge on any atom is -0.336 e. The van der Waals surface area contributed by atoms with Crippen molar-refractivity contribution in [1.29, 1.82) is 0 Å². The van der Waals surface area contributed by atoms with E-state index >= 15 is 0 Å². The number of aryl methyl sites for hydroxylation is 1. The third kappa shape index (κ3) is 2.61. The Kier molecular flexibility index (Phi) is 4.10. The van der Waals surface area contributed by atoms with Crippen LogP contribution in [0.3, 0.4) is 0 Å². The zero-order chi connectivity index (χ0) is 13.3. The second kappa shape index (κ2) is 5.43. The highest BCUT2D eigenvalue weighted by Gasteiger charge is 2.29. The molecule has 0 radical (unpaired) electrons. The number of rotatable bonds is 1. The lowest BCUT2D eigenvalue weighted by Crippen LogP contribution is -2.46. The van der Waals surface area contributed by atoms with Gasteiger partial charge in [0.15, 0.2) is 0 Å². The monoisotopic (exact) mass is 309 g/mol. The number of piperidine rings is 1. The number of hydrogen-bond donors (Lipinski definition) is 0. The van der Waals surface area contributed by atoms with Crippen LogP contribution in [-0.4, -0.2) is 23.4 Å². The van der Waals surface area contributed by atoms with Crippen LogP contribution in [0.4, 0.5) is 0 Å². The standard InChI is InChI=1S/C15H20BrNO/c1-10-5-4-8-17(12(10)3)15(18)14-9-13(16)7-6-11(14)2/h6-7,9-10,12H,4-5,8H2,1-3H3. The fraction of sp³-hybridized carbons (Fsp3) is 0.533. The molecule has 1 aliphatic heterocycles. The normalized spacial score (nSPS) is 24.1. The zero-order valence-corrected chi connectivity index (χ0v) is 12.8. The van der Waals surface area contributed by atoms with E-state index in [2.05, 4.69) is 29.8 Å². The van der Waals surface area contributed by atoms with Crippen molar-refractivity contribution < 1.29 is 4.79 Å². The summed E-state index contributed by atoms with van der Waals surface area (Å²) in [6.45, 7) is 7.28. The van der Waals surface area contributed by atoms with E-state index in [1.54, 1.807) is 0 Å². The maximum Gasteiger partial charge on any atom is 0.254 e. The lowest BCUT2D eigenvalue weighted by atomic mass is 9.91. The lowest BCUT2D eigenvalue weighted by Gasteiger charge is -2.38. The Morgan fingerprint density at radius 2 is 2.11 bits per heavy atom. The fourth-order valence-electron chi connectivity index (χ4n) is 2.60. The summed E-state index contributed by atoms with van der Waals surface area (Å²) in [6, 6.07) is 6.25. The minimum absolute atomic E-state index is 0.174. The Morgan fingerprint density at radius 3 is 2.83 bits per heavy atom. The number of likely N-dealkylation sites (tertiary alicyclic amines) is 1. The first kappa shape index (κ1) is 13.6. The van der Waals surface area contributed by atoms with Crippen molar-refractivity contribution >= 4 is 21.8 Å². The fourth-order valence-corrected chi connectivity index (χ4v) is 2.96. The van der Waals surface area contributed by atoms with E-state index in [4.69, 9.17) is 0 Å². The number of carbonyl (C=O) groups excluding carboxylic acids is 1. The van der Waals surface area contributed by atoms with E-state index in [0.717, 1.165) is 28.6 Å². The van der Waals surface area contributed by atoms with Crippen molar-refractivity contribution in [3.05, 3.63) is 33.8 Å². The molecule has 1 saturated heterocycles. The summed E-state index contributed by atoms with van der Waals surface area (Å²) in [4.78, 5) is 14.7. The Bertz CT molecular complexity index is 458. The summed E-state index contributed by atoms with van der Waals surface area (Å²) in [5.41, 5.74) is 1.87. The van der Waals surface area contributed by atoms with E-state index in [1.807, 2.05) is 30.0 Å². The van der Waals surface area contributed by atoms with Crippen LogP contribution in [0, 0.1) is 12.8 Å². The van der Waals surface area contributed by atoms with Gasteiger partial charge in [-0.1, -0.05) is 28.9 Å². The minimum atomic E-state index is 0.174. The van der Waals surface area contributed by atoms with Crippen molar-refractivity contribution in [2.24, 2.45) is 5.92 Å². The van der Waals surface area contributed by atoms with Gasteiger partial charge in [0.25, 0.3) is 5.91 Å². The van der Waals surface area contributed by atoms with Gasteiger partial charge in [0.2, 0.25) is 0 Å². The van der Waals surface area contributed by atoms with Gasteiger partial charge in [-0.25, -0.2) is 0 Å². The Labute approximate surface area is 117 Å². The molecule has 1 aromatic carbocycles. The second-order valence-corrected chi connectivity index (χ2v) is 6.23. The molecular formula is C15H20BrNO. The summed E-state index contributed by atoms with van der Waals surface area (Å²) >= 11 is 3.44. The summed E-state index contributed by atoms with van der Waals surface area (Å²) in [6.07, 6.45) is 2.34. The molecule has 1 heterocycles. The van der Waals surface area contributed by atoms with Crippen molar-refractivity contribution in [1.82, 2.24) is 4.90 Å². The molecule has 0 aromatic heterocycles. The summed E-state index contributed by atoms with van der Waals surface area (Å²) < 4.78 is 0.967. The van der Waals surface area contributed by atoms with Crippen LogP contribution in [0.2, 0.25) is 0 Å². The molecular weight excluding hydrogens is 290 g/mol. The van der Waals surface area contributed by atoms with Crippen molar-refractivity contribution in [2.75, 3.05) is 6.54 Å². The van der Waals surface area contributed by atoms with E-state index in [1.165, 1.54) is 6.42 Å². The van der Waals surface area contributed by atoms with Gasteiger partial charge in [-0.05, 0) is 50.3 Å². The molecule has 0 N–H and O–H groups in total. The van der Waals surface area contributed by atoms with E-state index < -0.39 is 0 Å². The average molecular weight is 310 g/mol. The van der Waals surface area contributed by atoms with Crippen LogP contribution < -0.4 is 0 Å². The van der Waals surface area contributed by atoms with Crippen LogP contribution in [0.5, 0.6) is 0 Å². The van der Waals surface area contributed by atoms with Gasteiger partial charge in [0, 0.05) is 22.6 Å². The zero-order valence-electron chi connectivity index (χ0n) is 11.2. The number of benzene rings is 1. The molecule has 98 valence electrons. The third-order valence-corrected chi connectivity index (χ3v) is 4.56. The van der Waals surface area contributed by atoms with Crippen molar-refractivity contribution in [2.45, 2.75) is 39.7 Å². The molecule has 2 nitrogen and oxygen atoms in total. The lowest BCUT2D eigenvalue weighted by molar-refractivity contribution is 0.0550. The molecule has 2 atom stereocenters. The predicted molar refractivity (Wildman–Crippen MR) is 77.8 cm³/mol. The molecule has 18 heavy (non-hydrogen) atoms. The first-order valence-corrected chi connectivity index (χ1v) is 7.37. The van der Waals surface area contributed by atoms with Gasteiger partial charge in [0.05, 0.1) is 0 Å². The highest BCUT2D eigenvalue weighted by Crippen LogP contribution is 2.26. The van der Waals surface area contributed by atoms with E-state index in [9.17, 15) is 4.79 Å². The molecule has 0 spiro atoms. The summed E-state index contributed by atoms with van der Waals surface area (Å²) in [5, 5.41) is 0. The molecule has 2 unspecified atom stereocenters. The predicted octanol–water partition coefficient (Wildman–Crippen LogP) is 4.02. The molecule has 2 rings (SSSR count). The average Bonchev–Trinajstić information content (AvgIpc) is 2.35. The maximum atomic E-state index is 12.6. The maximum absolute atomic E-state index is 12.6. The molecule has 1 aliphatic rings. The highest BCUT2D eigenvalue weighted by molar-refractivity contribution is 9.10. The molecule has 3 heteroatoms. The van der Waals surface area contributed by atoms with Gasteiger partial charge in [-0.2, -0.15) is 0 Å². The topological polar surface area (TPSA) is 20.3 Å². The summed E-state index contributed by atoms with van der Waals surface area (Å²) in [5.74, 6) is 0.767. The van der Waals surface area contributed by atoms with E-state index in [-0.39, 0.29) is 5.91 Å². The number of carbonyl (C=O) groups is 1. The van der Waals surface area contributed by atoms with E-state index in [0.29, 0.717) is 12.0 Å². The first-order valence-electron chi connectivity index (χ1n) is 6.58. The Hall–Kier alpha value is -0.830. The molecule has 0 bridgehead atoms. The molecule has 0 aliphatic carbocycles. The third-order valence-electron chi connectivity index (χ3n) is 4.06. The van der Waals surface area contributed by atoms with Crippen LogP contribution in [0.1, 0.15) is 42.6 Å². The largest absolute Gasteiger partial charge is 0.336 e. The van der Waals surface area contributed by atoms with Crippen LogP contribution in [0.15, 0.2) is 22.7 Å². The Morgan fingerprint density at radius 1 is 1.39 bits per heavy atom. The van der Waals surface area contributed by atoms with Crippen LogP contribution in [0.25, 0.3) is 0 Å². The van der Waals surface area contributed by atoms with Crippen LogP contribution >= 0.6 is 15.9 Å². The number of nitrogens with zero attached hydrogens (tertiary/aromatic N) is 1. The second-order valence-electron chi connectivity index (χ2n) is 5.32. The van der Waals surface area contributed by atoms with Gasteiger partial charge in [-0.15, -0.1) is 0 Å². The SMILES string of the molecule is Cc1ccc(Br)cc1C(=O)N1CCCC(C)C1C. The van der Waals surface area contributed by atoms with Gasteiger partial charge in [0.1, 0.15) is 0 Å². The van der Waals surface area contributed by atoms with Gasteiger partial charge < -0.3 is 4.90 Å². The molecule has 1 fully saturated rings. The van der Waals surface area contributed by atoms with Gasteiger partial charge >= 0.3 is 0 Å². The van der Waals surface area contributed by atoms with Crippen molar-refractivity contribution in [3.63, 3.8) is 0 Å². The molecule has 0 saturated carbocycles. The Balaban J connectivity index is 2.27. The quantitative estimate of drug-likeness (QED) is 0.767. The summed E-state index contributed by atoms with van der Waals surface area (Å²) in [7, 11) is 0. The number of halogens is 1. The van der Waals surface area contributed by atoms with Gasteiger partial charge in [-0.3, -0.25) is 4.79 Å². The highest BCUT2D eigenvalue weighted by atomic mass is 79.9. The number of amides is 1. The molecule has 1 amide bonds.